The number of amides is 1. The largest absolute Gasteiger partial charge is 0.474 e. The van der Waals surface area contributed by atoms with Crippen LogP contribution < -0.4 is 9.64 Å². The van der Waals surface area contributed by atoms with Crippen molar-refractivity contribution < 1.29 is 13.9 Å². The first kappa shape index (κ1) is 16.8. The molecule has 0 bridgehead atoms. The van der Waals surface area contributed by atoms with Gasteiger partial charge < -0.3 is 14.5 Å². The molecule has 1 aromatic heterocycles. The Balaban J connectivity index is 1.36. The Morgan fingerprint density at radius 1 is 1.08 bits per heavy atom. The zero-order chi connectivity index (χ0) is 17.9. The van der Waals surface area contributed by atoms with E-state index in [1.165, 1.54) is 37.0 Å². The molecule has 1 saturated heterocycles. The standard InChI is InChI=1S/C19H21FN4O2/c20-15-6-4-14(5-7-15)19(25)24-10-8-23(9-11-24)17-12-18(22-13-21-17)26-16-2-1-3-16/h4-7,12-13,16H,1-3,8-11H2. The monoisotopic (exact) mass is 356 g/mol. The van der Waals surface area contributed by atoms with Crippen molar-refractivity contribution in [2.75, 3.05) is 31.1 Å². The van der Waals surface area contributed by atoms with Crippen LogP contribution in [0.15, 0.2) is 36.7 Å². The molecule has 2 aliphatic rings. The van der Waals surface area contributed by atoms with Crippen LogP contribution in [-0.2, 0) is 0 Å². The van der Waals surface area contributed by atoms with Gasteiger partial charge in [-0.15, -0.1) is 0 Å². The van der Waals surface area contributed by atoms with Crippen LogP contribution in [0.2, 0.25) is 0 Å². The molecule has 26 heavy (non-hydrogen) atoms. The summed E-state index contributed by atoms with van der Waals surface area (Å²) in [5, 5.41) is 0. The molecular weight excluding hydrogens is 335 g/mol. The minimum Gasteiger partial charge on any atom is -0.474 e. The maximum Gasteiger partial charge on any atom is 0.253 e. The second kappa shape index (κ2) is 7.27. The Morgan fingerprint density at radius 2 is 1.81 bits per heavy atom. The van der Waals surface area contributed by atoms with Crippen molar-refractivity contribution in [2.45, 2.75) is 25.4 Å². The van der Waals surface area contributed by atoms with Crippen LogP contribution in [0.3, 0.4) is 0 Å². The molecule has 2 heterocycles. The molecule has 1 aliphatic carbocycles. The summed E-state index contributed by atoms with van der Waals surface area (Å²) in [7, 11) is 0. The van der Waals surface area contributed by atoms with Gasteiger partial charge in [-0.1, -0.05) is 0 Å². The number of benzene rings is 1. The normalized spacial score (nSPS) is 17.7. The molecule has 7 heteroatoms. The molecule has 1 aliphatic heterocycles. The lowest BCUT2D eigenvalue weighted by Crippen LogP contribution is -2.49. The SMILES string of the molecule is O=C(c1ccc(F)cc1)N1CCN(c2cc(OC3CCC3)ncn2)CC1. The fourth-order valence-electron chi connectivity index (χ4n) is 3.14. The van der Waals surface area contributed by atoms with Crippen LogP contribution in [0.4, 0.5) is 10.2 Å². The average molecular weight is 356 g/mol. The van der Waals surface area contributed by atoms with Crippen molar-refractivity contribution in [3.8, 4) is 5.88 Å². The zero-order valence-corrected chi connectivity index (χ0v) is 14.5. The van der Waals surface area contributed by atoms with Crippen LogP contribution in [0, 0.1) is 5.82 Å². The van der Waals surface area contributed by atoms with E-state index in [4.69, 9.17) is 4.74 Å². The average Bonchev–Trinajstić information content (AvgIpc) is 2.65. The van der Waals surface area contributed by atoms with E-state index in [9.17, 15) is 9.18 Å². The second-order valence-electron chi connectivity index (χ2n) is 6.67. The summed E-state index contributed by atoms with van der Waals surface area (Å²) in [6.07, 6.45) is 5.20. The third-order valence-corrected chi connectivity index (χ3v) is 4.95. The lowest BCUT2D eigenvalue weighted by atomic mass is 9.96. The Bertz CT molecular complexity index is 771. The number of ether oxygens (including phenoxy) is 1. The Labute approximate surface area is 151 Å². The molecule has 1 aromatic carbocycles. The molecule has 2 fully saturated rings. The molecule has 136 valence electrons. The van der Waals surface area contributed by atoms with Gasteiger partial charge in [0.15, 0.2) is 0 Å². The van der Waals surface area contributed by atoms with Crippen molar-refractivity contribution in [1.29, 1.82) is 0 Å². The number of piperazine rings is 1. The number of nitrogens with zero attached hydrogens (tertiary/aromatic N) is 4. The number of carbonyl (C=O) groups is 1. The minimum atomic E-state index is -0.338. The van der Waals surface area contributed by atoms with Crippen molar-refractivity contribution in [1.82, 2.24) is 14.9 Å². The molecular formula is C19H21FN4O2. The van der Waals surface area contributed by atoms with Gasteiger partial charge in [0.05, 0.1) is 0 Å². The molecule has 0 atom stereocenters. The van der Waals surface area contributed by atoms with E-state index in [0.717, 1.165) is 18.7 Å². The van der Waals surface area contributed by atoms with Gasteiger partial charge in [-0.25, -0.2) is 14.4 Å². The number of carbonyl (C=O) groups excluding carboxylic acids is 1. The molecule has 1 amide bonds. The van der Waals surface area contributed by atoms with Crippen molar-refractivity contribution >= 4 is 11.7 Å². The zero-order valence-electron chi connectivity index (χ0n) is 14.5. The van der Waals surface area contributed by atoms with Gasteiger partial charge in [-0.2, -0.15) is 0 Å². The van der Waals surface area contributed by atoms with Crippen LogP contribution >= 0.6 is 0 Å². The number of rotatable bonds is 4. The Kier molecular flexibility index (Phi) is 4.69. The molecule has 0 spiro atoms. The molecule has 0 radical (unpaired) electrons. The number of aromatic nitrogens is 2. The first-order chi connectivity index (χ1) is 12.7. The Hall–Kier alpha value is -2.70. The molecule has 4 rings (SSSR count). The summed E-state index contributed by atoms with van der Waals surface area (Å²) < 4.78 is 18.9. The smallest absolute Gasteiger partial charge is 0.253 e. The fourth-order valence-corrected chi connectivity index (χ4v) is 3.14. The number of hydrogen-bond acceptors (Lipinski definition) is 5. The van der Waals surface area contributed by atoms with Gasteiger partial charge in [0.1, 0.15) is 24.1 Å². The van der Waals surface area contributed by atoms with E-state index in [0.29, 0.717) is 37.6 Å². The highest BCUT2D eigenvalue weighted by Crippen LogP contribution is 2.25. The third-order valence-electron chi connectivity index (χ3n) is 4.95. The highest BCUT2D eigenvalue weighted by Gasteiger charge is 2.24. The van der Waals surface area contributed by atoms with Crippen LogP contribution in [0.5, 0.6) is 5.88 Å². The lowest BCUT2D eigenvalue weighted by molar-refractivity contribution is 0.0746. The molecule has 1 saturated carbocycles. The summed E-state index contributed by atoms with van der Waals surface area (Å²) in [6, 6.07) is 7.55. The predicted octanol–water partition coefficient (Wildman–Crippen LogP) is 2.51. The van der Waals surface area contributed by atoms with Gasteiger partial charge in [0.25, 0.3) is 5.91 Å². The van der Waals surface area contributed by atoms with Crippen LogP contribution in [-0.4, -0.2) is 53.1 Å². The van der Waals surface area contributed by atoms with Crippen LogP contribution in [0.25, 0.3) is 0 Å². The van der Waals surface area contributed by atoms with Crippen LogP contribution in [0.1, 0.15) is 29.6 Å². The van der Waals surface area contributed by atoms with Gasteiger partial charge in [0.2, 0.25) is 5.88 Å². The third kappa shape index (κ3) is 3.61. The minimum absolute atomic E-state index is 0.0682. The summed E-state index contributed by atoms with van der Waals surface area (Å²) >= 11 is 0. The highest BCUT2D eigenvalue weighted by molar-refractivity contribution is 5.94. The molecule has 6 nitrogen and oxygen atoms in total. The quantitative estimate of drug-likeness (QED) is 0.842. The summed E-state index contributed by atoms with van der Waals surface area (Å²) in [5.41, 5.74) is 0.512. The lowest BCUT2D eigenvalue weighted by Gasteiger charge is -2.35. The van der Waals surface area contributed by atoms with Gasteiger partial charge >= 0.3 is 0 Å². The molecule has 2 aromatic rings. The van der Waals surface area contributed by atoms with E-state index in [2.05, 4.69) is 14.9 Å². The van der Waals surface area contributed by atoms with E-state index in [1.807, 2.05) is 6.07 Å². The summed E-state index contributed by atoms with van der Waals surface area (Å²) in [4.78, 5) is 25.0. The van der Waals surface area contributed by atoms with Gasteiger partial charge in [-0.05, 0) is 43.5 Å². The van der Waals surface area contributed by atoms with E-state index in [1.54, 1.807) is 4.90 Å². The van der Waals surface area contributed by atoms with Gasteiger partial charge in [-0.3, -0.25) is 4.79 Å². The summed E-state index contributed by atoms with van der Waals surface area (Å²) in [5.74, 6) is 1.03. The first-order valence-corrected chi connectivity index (χ1v) is 8.97. The fraction of sp³-hybridized carbons (Fsp3) is 0.421. The second-order valence-corrected chi connectivity index (χ2v) is 6.67. The van der Waals surface area contributed by atoms with E-state index >= 15 is 0 Å². The maximum atomic E-state index is 13.0. The van der Waals surface area contributed by atoms with E-state index < -0.39 is 0 Å². The Morgan fingerprint density at radius 3 is 2.46 bits per heavy atom. The highest BCUT2D eigenvalue weighted by atomic mass is 19.1. The molecule has 0 unspecified atom stereocenters. The predicted molar refractivity (Wildman–Crippen MR) is 94.8 cm³/mol. The number of anilines is 1. The topological polar surface area (TPSA) is 58.6 Å². The van der Waals surface area contributed by atoms with Crippen molar-refractivity contribution in [2.24, 2.45) is 0 Å². The van der Waals surface area contributed by atoms with E-state index in [-0.39, 0.29) is 17.8 Å². The summed E-state index contributed by atoms with van der Waals surface area (Å²) in [6.45, 7) is 2.57. The number of halogens is 1. The van der Waals surface area contributed by atoms with Crippen molar-refractivity contribution in [3.05, 3.63) is 48.0 Å². The molecule has 0 N–H and O–H groups in total. The first-order valence-electron chi connectivity index (χ1n) is 8.97. The number of hydrogen-bond donors (Lipinski definition) is 0. The maximum absolute atomic E-state index is 13.0. The van der Waals surface area contributed by atoms with Gasteiger partial charge in [0, 0.05) is 37.8 Å². The van der Waals surface area contributed by atoms with Crippen molar-refractivity contribution in [3.63, 3.8) is 0 Å².